The Hall–Kier alpha value is -1.31. The van der Waals surface area contributed by atoms with E-state index in [9.17, 15) is 18.1 Å². The second-order valence-corrected chi connectivity index (χ2v) is 3.41. The van der Waals surface area contributed by atoms with E-state index in [-0.39, 0.29) is 10.2 Å². The molecule has 8 heteroatoms. The quantitative estimate of drug-likeness (QED) is 0.864. The Morgan fingerprint density at radius 2 is 2.19 bits per heavy atom. The molecule has 1 aromatic carbocycles. The zero-order valence-electron chi connectivity index (χ0n) is 7.93. The SMILES string of the molecule is CNc1cc(OC(F)F)c(Br)c(F)c1N=O. The van der Waals surface area contributed by atoms with Gasteiger partial charge >= 0.3 is 6.61 Å². The first-order chi connectivity index (χ1) is 7.51. The Kier molecular flexibility index (Phi) is 4.11. The number of nitroso groups, excluding NO2 is 1. The molecular formula is C8H6BrF3N2O2. The van der Waals surface area contributed by atoms with Gasteiger partial charge in [0.1, 0.15) is 5.75 Å². The summed E-state index contributed by atoms with van der Waals surface area (Å²) in [4.78, 5) is 10.4. The van der Waals surface area contributed by atoms with Crippen LogP contribution in [0.15, 0.2) is 15.7 Å². The largest absolute Gasteiger partial charge is 0.433 e. The van der Waals surface area contributed by atoms with Crippen LogP contribution in [0.1, 0.15) is 0 Å². The van der Waals surface area contributed by atoms with Crippen LogP contribution >= 0.6 is 15.9 Å². The monoisotopic (exact) mass is 298 g/mol. The molecule has 0 amide bonds. The second-order valence-electron chi connectivity index (χ2n) is 2.62. The number of benzene rings is 1. The van der Waals surface area contributed by atoms with Gasteiger partial charge < -0.3 is 10.1 Å². The minimum absolute atomic E-state index is 0.0358. The van der Waals surface area contributed by atoms with Crippen LogP contribution in [0.5, 0.6) is 5.75 Å². The van der Waals surface area contributed by atoms with E-state index in [0.29, 0.717) is 0 Å². The molecule has 0 atom stereocenters. The molecule has 0 saturated heterocycles. The van der Waals surface area contributed by atoms with E-state index in [1.54, 1.807) is 0 Å². The number of rotatable bonds is 4. The van der Waals surface area contributed by atoms with Crippen LogP contribution in [-0.2, 0) is 0 Å². The van der Waals surface area contributed by atoms with E-state index in [1.807, 2.05) is 0 Å². The average Bonchev–Trinajstić information content (AvgIpc) is 2.24. The molecule has 0 saturated carbocycles. The van der Waals surface area contributed by atoms with Gasteiger partial charge in [-0.1, -0.05) is 0 Å². The lowest BCUT2D eigenvalue weighted by molar-refractivity contribution is -0.0504. The minimum Gasteiger partial charge on any atom is -0.433 e. The van der Waals surface area contributed by atoms with Crippen molar-refractivity contribution in [2.24, 2.45) is 5.18 Å². The van der Waals surface area contributed by atoms with E-state index < -0.39 is 23.9 Å². The standard InChI is InChI=1S/C8H6BrF3N2O2/c1-13-3-2-4(16-8(11)12)5(9)6(10)7(3)14-15/h2,8,13H,1H3. The summed E-state index contributed by atoms with van der Waals surface area (Å²) in [5.74, 6) is -1.47. The lowest BCUT2D eigenvalue weighted by Gasteiger charge is -2.11. The molecule has 1 aromatic rings. The van der Waals surface area contributed by atoms with Crippen molar-refractivity contribution in [3.8, 4) is 5.75 Å². The van der Waals surface area contributed by atoms with Crippen LogP contribution in [0.25, 0.3) is 0 Å². The van der Waals surface area contributed by atoms with Crippen molar-refractivity contribution in [3.05, 3.63) is 21.3 Å². The van der Waals surface area contributed by atoms with Crippen LogP contribution in [0.2, 0.25) is 0 Å². The van der Waals surface area contributed by atoms with Gasteiger partial charge in [0, 0.05) is 13.1 Å². The molecule has 0 aliphatic rings. The van der Waals surface area contributed by atoms with Crippen molar-refractivity contribution >= 4 is 27.3 Å². The summed E-state index contributed by atoms with van der Waals surface area (Å²) in [6, 6.07) is 1.05. The predicted octanol–water partition coefficient (Wildman–Crippen LogP) is 3.63. The fourth-order valence-corrected chi connectivity index (χ4v) is 1.45. The van der Waals surface area contributed by atoms with Crippen molar-refractivity contribution in [2.75, 3.05) is 12.4 Å². The highest BCUT2D eigenvalue weighted by Gasteiger charge is 2.19. The van der Waals surface area contributed by atoms with E-state index >= 15 is 0 Å². The van der Waals surface area contributed by atoms with Crippen molar-refractivity contribution in [3.63, 3.8) is 0 Å². The smallest absolute Gasteiger partial charge is 0.387 e. The molecule has 0 aliphatic heterocycles. The number of hydrogen-bond acceptors (Lipinski definition) is 4. The Morgan fingerprint density at radius 1 is 1.56 bits per heavy atom. The fraction of sp³-hybridized carbons (Fsp3) is 0.250. The summed E-state index contributed by atoms with van der Waals surface area (Å²) < 4.78 is 41.1. The highest BCUT2D eigenvalue weighted by Crippen LogP contribution is 2.40. The van der Waals surface area contributed by atoms with Gasteiger partial charge in [-0.15, -0.1) is 4.91 Å². The summed E-state index contributed by atoms with van der Waals surface area (Å²) in [6.45, 7) is -3.09. The summed E-state index contributed by atoms with van der Waals surface area (Å²) in [7, 11) is 1.39. The van der Waals surface area contributed by atoms with Gasteiger partial charge in [0.15, 0.2) is 11.5 Å². The van der Waals surface area contributed by atoms with Crippen LogP contribution in [0.4, 0.5) is 24.5 Å². The molecule has 4 nitrogen and oxygen atoms in total. The first-order valence-corrected chi connectivity index (χ1v) is 4.78. The number of nitrogens with zero attached hydrogens (tertiary/aromatic N) is 1. The number of nitrogens with one attached hydrogen (secondary N) is 1. The third-order valence-corrected chi connectivity index (χ3v) is 2.46. The molecule has 16 heavy (non-hydrogen) atoms. The van der Waals surface area contributed by atoms with Gasteiger partial charge in [-0.25, -0.2) is 4.39 Å². The normalized spacial score (nSPS) is 10.4. The maximum absolute atomic E-state index is 13.5. The zero-order valence-corrected chi connectivity index (χ0v) is 9.52. The third kappa shape index (κ3) is 2.43. The molecule has 1 N–H and O–H groups in total. The molecular weight excluding hydrogens is 293 g/mol. The van der Waals surface area contributed by atoms with Gasteiger partial charge in [-0.3, -0.25) is 0 Å². The maximum Gasteiger partial charge on any atom is 0.387 e. The first kappa shape index (κ1) is 12.8. The lowest BCUT2D eigenvalue weighted by atomic mass is 10.2. The van der Waals surface area contributed by atoms with Gasteiger partial charge in [-0.2, -0.15) is 8.78 Å². The van der Waals surface area contributed by atoms with Crippen molar-refractivity contribution in [1.82, 2.24) is 0 Å². The molecule has 0 bridgehead atoms. The Morgan fingerprint density at radius 3 is 2.62 bits per heavy atom. The molecule has 0 fully saturated rings. The molecule has 0 aromatic heterocycles. The fourth-order valence-electron chi connectivity index (χ4n) is 1.05. The van der Waals surface area contributed by atoms with Gasteiger partial charge in [-0.05, 0) is 21.1 Å². The highest BCUT2D eigenvalue weighted by molar-refractivity contribution is 9.10. The first-order valence-electron chi connectivity index (χ1n) is 3.99. The van der Waals surface area contributed by atoms with Crippen molar-refractivity contribution in [1.29, 1.82) is 0 Å². The van der Waals surface area contributed by atoms with Crippen LogP contribution in [0.3, 0.4) is 0 Å². The Labute approximate surface area is 96.9 Å². The molecule has 0 spiro atoms. The van der Waals surface area contributed by atoms with Crippen molar-refractivity contribution < 1.29 is 17.9 Å². The summed E-state index contributed by atoms with van der Waals surface area (Å²) in [5.41, 5.74) is -0.539. The molecule has 0 aliphatic carbocycles. The molecule has 88 valence electrons. The summed E-state index contributed by atoms with van der Waals surface area (Å²) in [5, 5.41) is 4.91. The summed E-state index contributed by atoms with van der Waals surface area (Å²) in [6.07, 6.45) is 0. The number of alkyl halides is 2. The third-order valence-electron chi connectivity index (χ3n) is 1.72. The van der Waals surface area contributed by atoms with Gasteiger partial charge in [0.05, 0.1) is 10.2 Å². The highest BCUT2D eigenvalue weighted by atomic mass is 79.9. The van der Waals surface area contributed by atoms with Crippen molar-refractivity contribution in [2.45, 2.75) is 6.61 Å². The van der Waals surface area contributed by atoms with Crippen LogP contribution in [0, 0.1) is 10.7 Å². The van der Waals surface area contributed by atoms with Crippen LogP contribution in [-0.4, -0.2) is 13.7 Å². The second kappa shape index (κ2) is 5.15. The molecule has 0 unspecified atom stereocenters. The van der Waals surface area contributed by atoms with E-state index in [2.05, 4.69) is 31.2 Å². The molecule has 0 heterocycles. The zero-order chi connectivity index (χ0) is 12.3. The number of anilines is 1. The molecule has 1 rings (SSSR count). The lowest BCUT2D eigenvalue weighted by Crippen LogP contribution is -2.04. The van der Waals surface area contributed by atoms with E-state index in [0.717, 1.165) is 6.07 Å². The number of hydrogen-bond donors (Lipinski definition) is 1. The topological polar surface area (TPSA) is 50.7 Å². The minimum atomic E-state index is -3.09. The number of ether oxygens (including phenoxy) is 1. The van der Waals surface area contributed by atoms with Crippen LogP contribution < -0.4 is 10.1 Å². The van der Waals surface area contributed by atoms with Gasteiger partial charge in [0.2, 0.25) is 0 Å². The van der Waals surface area contributed by atoms with E-state index in [4.69, 9.17) is 0 Å². The predicted molar refractivity (Wildman–Crippen MR) is 55.7 cm³/mol. The molecule has 0 radical (unpaired) electrons. The average molecular weight is 299 g/mol. The summed E-state index contributed by atoms with van der Waals surface area (Å²) >= 11 is 2.70. The number of halogens is 4. The maximum atomic E-state index is 13.5. The van der Waals surface area contributed by atoms with Gasteiger partial charge in [0.25, 0.3) is 0 Å². The van der Waals surface area contributed by atoms with E-state index in [1.165, 1.54) is 7.05 Å². The Bertz CT molecular complexity index is 415. The Balaban J connectivity index is 3.32.